The van der Waals surface area contributed by atoms with Crippen molar-refractivity contribution in [1.82, 2.24) is 5.06 Å². The van der Waals surface area contributed by atoms with Crippen LogP contribution in [0, 0.1) is 0 Å². The Morgan fingerprint density at radius 2 is 2.17 bits per heavy atom. The first-order valence-corrected chi connectivity index (χ1v) is 3.71. The lowest BCUT2D eigenvalue weighted by Gasteiger charge is -2.19. The molecule has 0 heterocycles. The van der Waals surface area contributed by atoms with E-state index in [-0.39, 0.29) is 0 Å². The quantitative estimate of drug-likeness (QED) is 0.474. The van der Waals surface area contributed by atoms with Gasteiger partial charge in [-0.1, -0.05) is 0 Å². The van der Waals surface area contributed by atoms with Crippen molar-refractivity contribution in [3.8, 4) is 0 Å². The van der Waals surface area contributed by atoms with Crippen LogP contribution in [0.4, 0.5) is 4.79 Å². The maximum atomic E-state index is 10.9. The van der Waals surface area contributed by atoms with Crippen molar-refractivity contribution in [1.29, 1.82) is 0 Å². The molecule has 5 heteroatoms. The Hall–Kier alpha value is -0.810. The van der Waals surface area contributed by atoms with Crippen molar-refractivity contribution < 1.29 is 19.1 Å². The van der Waals surface area contributed by atoms with Gasteiger partial charge in [0, 0.05) is 14.2 Å². The van der Waals surface area contributed by atoms with Gasteiger partial charge < -0.3 is 9.47 Å². The number of hydrogen-bond acceptors (Lipinski definition) is 4. The third-order valence-electron chi connectivity index (χ3n) is 1.16. The highest BCUT2D eigenvalue weighted by Crippen LogP contribution is 1.97. The molecule has 0 aliphatic heterocycles. The summed E-state index contributed by atoms with van der Waals surface area (Å²) in [6, 6.07) is 0. The lowest BCUT2D eigenvalue weighted by molar-refractivity contribution is -0.235. The molecule has 0 saturated heterocycles. The molecule has 0 aliphatic rings. The predicted molar refractivity (Wildman–Crippen MR) is 42.3 cm³/mol. The van der Waals surface area contributed by atoms with Crippen molar-refractivity contribution >= 4 is 6.09 Å². The Balaban J connectivity index is 3.70. The normalized spacial score (nSPS) is 12.3. The lowest BCUT2D eigenvalue weighted by Crippen LogP contribution is -2.32. The molecule has 0 bridgehead atoms. The molecule has 1 unspecified atom stereocenters. The predicted octanol–water partition coefficient (Wildman–Crippen LogP) is 0.999. The number of amides is 1. The molecule has 0 fully saturated rings. The summed E-state index contributed by atoms with van der Waals surface area (Å²) >= 11 is 0. The molecule has 0 saturated carbocycles. The molecule has 0 radical (unpaired) electrons. The van der Waals surface area contributed by atoms with Crippen LogP contribution < -0.4 is 0 Å². The first kappa shape index (κ1) is 11.2. The van der Waals surface area contributed by atoms with E-state index in [1.54, 1.807) is 13.8 Å². The van der Waals surface area contributed by atoms with Crippen molar-refractivity contribution in [3.05, 3.63) is 0 Å². The molecule has 72 valence electrons. The molecular weight excluding hydrogens is 162 g/mol. The van der Waals surface area contributed by atoms with Crippen LogP contribution in [0.2, 0.25) is 0 Å². The van der Waals surface area contributed by atoms with Crippen LogP contribution in [-0.2, 0) is 14.3 Å². The van der Waals surface area contributed by atoms with E-state index in [0.29, 0.717) is 6.61 Å². The summed E-state index contributed by atoms with van der Waals surface area (Å²) in [7, 11) is 2.96. The number of hydrogen-bond donors (Lipinski definition) is 0. The topological polar surface area (TPSA) is 48.0 Å². The van der Waals surface area contributed by atoms with Crippen LogP contribution in [0.5, 0.6) is 0 Å². The van der Waals surface area contributed by atoms with Crippen molar-refractivity contribution in [2.75, 3.05) is 20.8 Å². The Morgan fingerprint density at radius 3 is 2.58 bits per heavy atom. The fraction of sp³-hybridized carbons (Fsp3) is 0.857. The number of carbonyl (C=O) groups is 1. The summed E-state index contributed by atoms with van der Waals surface area (Å²) in [5.41, 5.74) is 0. The smallest absolute Gasteiger partial charge is 0.433 e. The van der Waals surface area contributed by atoms with Gasteiger partial charge in [0.25, 0.3) is 0 Å². The molecule has 1 atom stereocenters. The van der Waals surface area contributed by atoms with Gasteiger partial charge in [-0.2, -0.15) is 5.06 Å². The minimum Gasteiger partial charge on any atom is -0.448 e. The fourth-order valence-corrected chi connectivity index (χ4v) is 0.523. The zero-order valence-electron chi connectivity index (χ0n) is 7.86. The Morgan fingerprint density at radius 1 is 1.58 bits per heavy atom. The molecule has 12 heavy (non-hydrogen) atoms. The lowest BCUT2D eigenvalue weighted by atomic mass is 10.8. The molecule has 0 aliphatic carbocycles. The number of nitrogens with zero attached hydrogens (tertiary/aromatic N) is 1. The molecule has 0 aromatic rings. The molecule has 1 amide bonds. The van der Waals surface area contributed by atoms with Gasteiger partial charge in [0.15, 0.2) is 6.29 Å². The average molecular weight is 177 g/mol. The average Bonchev–Trinajstić information content (AvgIpc) is 2.04. The van der Waals surface area contributed by atoms with E-state index in [9.17, 15) is 4.79 Å². The number of carbonyl (C=O) groups excluding carboxylic acids is 1. The van der Waals surface area contributed by atoms with Crippen LogP contribution >= 0.6 is 0 Å². The maximum Gasteiger partial charge on any atom is 0.433 e. The Labute approximate surface area is 72.1 Å². The zero-order valence-corrected chi connectivity index (χ0v) is 7.86. The number of ether oxygens (including phenoxy) is 2. The Kier molecular flexibility index (Phi) is 5.40. The third-order valence-corrected chi connectivity index (χ3v) is 1.16. The van der Waals surface area contributed by atoms with E-state index < -0.39 is 12.4 Å². The van der Waals surface area contributed by atoms with Crippen molar-refractivity contribution in [3.63, 3.8) is 0 Å². The van der Waals surface area contributed by atoms with Crippen LogP contribution in [0.1, 0.15) is 13.8 Å². The summed E-state index contributed by atoms with van der Waals surface area (Å²) in [5.74, 6) is 0. The van der Waals surface area contributed by atoms with E-state index in [1.807, 2.05) is 0 Å². The molecular formula is C7H15NO4. The second-order valence-corrected chi connectivity index (χ2v) is 2.11. The second-order valence-electron chi connectivity index (χ2n) is 2.11. The second kappa shape index (κ2) is 5.79. The van der Waals surface area contributed by atoms with E-state index in [2.05, 4.69) is 4.74 Å². The molecule has 0 N–H and O–H groups in total. The van der Waals surface area contributed by atoms with E-state index in [0.717, 1.165) is 5.06 Å². The van der Waals surface area contributed by atoms with Gasteiger partial charge >= 0.3 is 6.09 Å². The number of rotatable bonds is 4. The summed E-state index contributed by atoms with van der Waals surface area (Å²) in [5, 5.41) is 0.998. The van der Waals surface area contributed by atoms with Crippen molar-refractivity contribution in [2.24, 2.45) is 0 Å². The van der Waals surface area contributed by atoms with Crippen molar-refractivity contribution in [2.45, 2.75) is 20.1 Å². The van der Waals surface area contributed by atoms with Crippen LogP contribution in [0.15, 0.2) is 0 Å². The highest BCUT2D eigenvalue weighted by molar-refractivity contribution is 5.65. The summed E-state index contributed by atoms with van der Waals surface area (Å²) in [6.07, 6.45) is -0.985. The fourth-order valence-electron chi connectivity index (χ4n) is 0.523. The van der Waals surface area contributed by atoms with Gasteiger partial charge in [-0.15, -0.1) is 0 Å². The zero-order chi connectivity index (χ0) is 9.56. The first-order chi connectivity index (χ1) is 5.61. The van der Waals surface area contributed by atoms with Gasteiger partial charge in [-0.3, -0.25) is 0 Å². The summed E-state index contributed by atoms with van der Waals surface area (Å²) < 4.78 is 9.43. The van der Waals surface area contributed by atoms with Crippen LogP contribution in [0.3, 0.4) is 0 Å². The monoisotopic (exact) mass is 177 g/mol. The van der Waals surface area contributed by atoms with Crippen LogP contribution in [0.25, 0.3) is 0 Å². The standard InChI is InChI=1S/C7H15NO4/c1-5-11-7(9)8(3)12-6(2)10-4/h6H,5H2,1-4H3. The van der Waals surface area contributed by atoms with E-state index in [4.69, 9.17) is 9.57 Å². The molecule has 0 spiro atoms. The third kappa shape index (κ3) is 4.15. The molecule has 0 rings (SSSR count). The summed E-state index contributed by atoms with van der Waals surface area (Å²) in [6.45, 7) is 3.73. The van der Waals surface area contributed by atoms with E-state index in [1.165, 1.54) is 14.2 Å². The summed E-state index contributed by atoms with van der Waals surface area (Å²) in [4.78, 5) is 15.9. The number of hydroxylamine groups is 2. The minimum absolute atomic E-state index is 0.327. The number of methoxy groups -OCH3 is 1. The maximum absolute atomic E-state index is 10.9. The van der Waals surface area contributed by atoms with Gasteiger partial charge in [-0.05, 0) is 13.8 Å². The van der Waals surface area contributed by atoms with Gasteiger partial charge in [0.1, 0.15) is 0 Å². The molecule has 0 aromatic carbocycles. The van der Waals surface area contributed by atoms with Gasteiger partial charge in [-0.25, -0.2) is 9.63 Å². The Bertz CT molecular complexity index is 139. The first-order valence-electron chi connectivity index (χ1n) is 3.71. The highest BCUT2D eigenvalue weighted by atomic mass is 16.8. The van der Waals surface area contributed by atoms with Gasteiger partial charge in [0.05, 0.1) is 6.61 Å². The minimum atomic E-state index is -0.526. The SMILES string of the molecule is CCOC(=O)N(C)OC(C)OC. The van der Waals surface area contributed by atoms with Crippen LogP contribution in [-0.4, -0.2) is 38.2 Å². The molecule has 5 nitrogen and oxygen atoms in total. The largest absolute Gasteiger partial charge is 0.448 e. The van der Waals surface area contributed by atoms with E-state index >= 15 is 0 Å². The highest BCUT2D eigenvalue weighted by Gasteiger charge is 2.12. The molecule has 0 aromatic heterocycles. The van der Waals surface area contributed by atoms with Gasteiger partial charge in [0.2, 0.25) is 0 Å².